The second-order valence-corrected chi connectivity index (χ2v) is 8.39. The molecule has 0 radical (unpaired) electrons. The van der Waals surface area contributed by atoms with E-state index in [1.54, 1.807) is 54.6 Å². The Kier molecular flexibility index (Phi) is 8.27. The van der Waals surface area contributed by atoms with Crippen LogP contribution in [0.2, 0.25) is 10.0 Å². The number of carbonyl (C=O) groups excluding carboxylic acids is 2. The lowest BCUT2D eigenvalue weighted by Crippen LogP contribution is -2.20. The first-order valence-corrected chi connectivity index (χ1v) is 10.9. The Bertz CT molecular complexity index is 1170. The van der Waals surface area contributed by atoms with Gasteiger partial charge >= 0.3 is 0 Å². The monoisotopic (exact) mass is 533 g/mol. The molecule has 0 saturated heterocycles. The average molecular weight is 535 g/mol. The zero-order valence-electron chi connectivity index (χ0n) is 16.9. The normalized spacial score (nSPS) is 10.8. The van der Waals surface area contributed by atoms with Crippen molar-refractivity contribution in [3.8, 4) is 5.75 Å². The van der Waals surface area contributed by atoms with Crippen molar-refractivity contribution < 1.29 is 14.3 Å². The molecule has 0 aliphatic rings. The van der Waals surface area contributed by atoms with Crippen LogP contribution in [0.25, 0.3) is 0 Å². The molecule has 32 heavy (non-hydrogen) atoms. The Hall–Kier alpha value is -2.87. The summed E-state index contributed by atoms with van der Waals surface area (Å²) in [6, 6.07) is 17.0. The molecule has 0 aliphatic heterocycles. The van der Waals surface area contributed by atoms with Gasteiger partial charge in [-0.05, 0) is 88.6 Å². The molecule has 6 nitrogen and oxygen atoms in total. The van der Waals surface area contributed by atoms with Crippen molar-refractivity contribution in [3.05, 3.63) is 91.9 Å². The van der Waals surface area contributed by atoms with Crippen molar-refractivity contribution in [1.82, 2.24) is 5.43 Å². The molecule has 0 bridgehead atoms. The van der Waals surface area contributed by atoms with E-state index < -0.39 is 0 Å². The number of hydrazone groups is 1. The van der Waals surface area contributed by atoms with Gasteiger partial charge in [0.25, 0.3) is 11.8 Å². The minimum Gasteiger partial charge on any atom is -0.483 e. The van der Waals surface area contributed by atoms with Crippen LogP contribution in [0.4, 0.5) is 5.69 Å². The zero-order valence-corrected chi connectivity index (χ0v) is 20.0. The third-order valence-corrected chi connectivity index (χ3v) is 5.54. The van der Waals surface area contributed by atoms with Gasteiger partial charge in [-0.15, -0.1) is 0 Å². The largest absolute Gasteiger partial charge is 0.483 e. The molecule has 0 aliphatic carbocycles. The molecule has 0 atom stereocenters. The molecule has 0 spiro atoms. The number of ether oxygens (including phenoxy) is 1. The summed E-state index contributed by atoms with van der Waals surface area (Å²) in [5.74, 6) is -0.172. The molecular formula is C23H18BrCl2N3O3. The van der Waals surface area contributed by atoms with E-state index in [9.17, 15) is 9.59 Å². The van der Waals surface area contributed by atoms with Gasteiger partial charge in [0.2, 0.25) is 0 Å². The molecular weight excluding hydrogens is 517 g/mol. The van der Waals surface area contributed by atoms with Crippen molar-refractivity contribution in [2.75, 3.05) is 11.9 Å². The van der Waals surface area contributed by atoms with E-state index in [2.05, 4.69) is 31.8 Å². The SMILES string of the molecule is Cc1ccc(NC(=O)COc2ccc(/C=N/NC(=O)c3ccc(Cl)cc3)cc2Br)cc1Cl. The second-order valence-electron chi connectivity index (χ2n) is 6.70. The van der Waals surface area contributed by atoms with Gasteiger partial charge in [-0.2, -0.15) is 5.10 Å². The summed E-state index contributed by atoms with van der Waals surface area (Å²) in [6.07, 6.45) is 1.50. The highest BCUT2D eigenvalue weighted by Gasteiger charge is 2.08. The van der Waals surface area contributed by atoms with E-state index in [1.165, 1.54) is 6.21 Å². The number of aryl methyl sites for hydroxylation is 1. The summed E-state index contributed by atoms with van der Waals surface area (Å²) >= 11 is 15.3. The van der Waals surface area contributed by atoms with Gasteiger partial charge in [-0.1, -0.05) is 29.3 Å². The molecule has 0 heterocycles. The Morgan fingerprint density at radius 1 is 1.06 bits per heavy atom. The van der Waals surface area contributed by atoms with Gasteiger partial charge in [-0.25, -0.2) is 5.43 Å². The van der Waals surface area contributed by atoms with Gasteiger partial charge in [0.1, 0.15) is 5.75 Å². The Morgan fingerprint density at radius 2 is 1.81 bits per heavy atom. The van der Waals surface area contributed by atoms with E-state index in [4.69, 9.17) is 27.9 Å². The molecule has 9 heteroatoms. The third-order valence-electron chi connectivity index (χ3n) is 4.26. The number of amides is 2. The molecule has 2 N–H and O–H groups in total. The number of nitrogens with zero attached hydrogens (tertiary/aromatic N) is 1. The molecule has 0 fully saturated rings. The van der Waals surface area contributed by atoms with Crippen LogP contribution in [-0.4, -0.2) is 24.6 Å². The Labute approximate surface area is 203 Å². The van der Waals surface area contributed by atoms with Gasteiger partial charge < -0.3 is 10.1 Å². The maximum absolute atomic E-state index is 12.1. The first kappa shape index (κ1) is 23.8. The number of benzene rings is 3. The fraction of sp³-hybridized carbons (Fsp3) is 0.0870. The predicted octanol–water partition coefficient (Wildman–Crippen LogP) is 5.85. The highest BCUT2D eigenvalue weighted by molar-refractivity contribution is 9.10. The van der Waals surface area contributed by atoms with Crippen molar-refractivity contribution in [1.29, 1.82) is 0 Å². The lowest BCUT2D eigenvalue weighted by molar-refractivity contribution is -0.118. The van der Waals surface area contributed by atoms with E-state index in [-0.39, 0.29) is 18.4 Å². The van der Waals surface area contributed by atoms with Crippen LogP contribution in [-0.2, 0) is 4.79 Å². The lowest BCUT2D eigenvalue weighted by Gasteiger charge is -2.10. The smallest absolute Gasteiger partial charge is 0.271 e. The molecule has 0 saturated carbocycles. The third kappa shape index (κ3) is 6.82. The lowest BCUT2D eigenvalue weighted by atomic mass is 10.2. The van der Waals surface area contributed by atoms with E-state index >= 15 is 0 Å². The molecule has 3 aromatic rings. The van der Waals surface area contributed by atoms with Gasteiger partial charge in [0.05, 0.1) is 10.7 Å². The molecule has 3 aromatic carbocycles. The minimum absolute atomic E-state index is 0.172. The number of halogens is 3. The summed E-state index contributed by atoms with van der Waals surface area (Å²) < 4.78 is 6.21. The summed E-state index contributed by atoms with van der Waals surface area (Å²) in [5.41, 5.74) is 5.15. The highest BCUT2D eigenvalue weighted by Crippen LogP contribution is 2.26. The molecule has 164 valence electrons. The van der Waals surface area contributed by atoms with Crippen LogP contribution >= 0.6 is 39.1 Å². The van der Waals surface area contributed by atoms with Crippen LogP contribution in [0.15, 0.2) is 70.2 Å². The fourth-order valence-corrected chi connectivity index (χ4v) is 3.37. The Balaban J connectivity index is 1.52. The van der Waals surface area contributed by atoms with Crippen LogP contribution in [0.3, 0.4) is 0 Å². The first-order chi connectivity index (χ1) is 15.3. The van der Waals surface area contributed by atoms with Crippen LogP contribution in [0.5, 0.6) is 5.75 Å². The summed E-state index contributed by atoms with van der Waals surface area (Å²) in [7, 11) is 0. The predicted molar refractivity (Wildman–Crippen MR) is 131 cm³/mol. The van der Waals surface area contributed by atoms with Crippen molar-refractivity contribution >= 4 is 62.8 Å². The second kappa shape index (κ2) is 11.1. The molecule has 3 rings (SSSR count). The number of carbonyl (C=O) groups is 2. The zero-order chi connectivity index (χ0) is 23.1. The van der Waals surface area contributed by atoms with E-state index in [1.807, 2.05) is 13.0 Å². The van der Waals surface area contributed by atoms with Gasteiger partial charge in [-0.3, -0.25) is 9.59 Å². The van der Waals surface area contributed by atoms with Gasteiger partial charge in [0.15, 0.2) is 6.61 Å². The van der Waals surface area contributed by atoms with Gasteiger partial charge in [0, 0.05) is 21.3 Å². The van der Waals surface area contributed by atoms with Crippen molar-refractivity contribution in [3.63, 3.8) is 0 Å². The number of nitrogens with one attached hydrogen (secondary N) is 2. The van der Waals surface area contributed by atoms with E-state index in [0.29, 0.717) is 31.5 Å². The number of anilines is 1. The Morgan fingerprint density at radius 3 is 2.50 bits per heavy atom. The average Bonchev–Trinajstić information content (AvgIpc) is 2.76. The number of rotatable bonds is 7. The first-order valence-electron chi connectivity index (χ1n) is 9.39. The summed E-state index contributed by atoms with van der Waals surface area (Å²) in [5, 5.41) is 7.81. The topological polar surface area (TPSA) is 79.8 Å². The van der Waals surface area contributed by atoms with Crippen LogP contribution in [0.1, 0.15) is 21.5 Å². The minimum atomic E-state index is -0.349. The fourth-order valence-electron chi connectivity index (χ4n) is 2.56. The van der Waals surface area contributed by atoms with Crippen LogP contribution < -0.4 is 15.5 Å². The maximum atomic E-state index is 12.1. The van der Waals surface area contributed by atoms with Crippen molar-refractivity contribution in [2.45, 2.75) is 6.92 Å². The van der Waals surface area contributed by atoms with Crippen molar-refractivity contribution in [2.24, 2.45) is 5.10 Å². The van der Waals surface area contributed by atoms with Crippen LogP contribution in [0, 0.1) is 6.92 Å². The highest BCUT2D eigenvalue weighted by atomic mass is 79.9. The summed E-state index contributed by atoms with van der Waals surface area (Å²) in [6.45, 7) is 1.71. The maximum Gasteiger partial charge on any atom is 0.271 e. The molecule has 2 amide bonds. The number of hydrogen-bond acceptors (Lipinski definition) is 4. The quantitative estimate of drug-likeness (QED) is 0.295. The van der Waals surface area contributed by atoms with E-state index in [0.717, 1.165) is 11.1 Å². The molecule has 0 unspecified atom stereocenters. The summed E-state index contributed by atoms with van der Waals surface area (Å²) in [4.78, 5) is 24.2. The molecule has 0 aromatic heterocycles. The number of hydrogen-bond donors (Lipinski definition) is 2. The standard InChI is InChI=1S/C23H18BrCl2N3O3/c1-14-2-8-18(11-20(14)26)28-22(30)13-32-21-9-3-15(10-19(21)24)12-27-29-23(31)16-4-6-17(25)7-5-16/h2-12H,13H2,1H3,(H,28,30)(H,29,31)/b27-12+.